The SMILES string of the molecule is COc1cc2nc(CCn3c(=O)n4n(c3=O)C3CC5C(=O)N(c6cccc(Cl)c6)C(=O)C5(c5ccccc5)C(c5ccc(O)c(C)c5)C3=CC4)c(=O)n(C)c2cc1OC. The standard InChI is InChI=1S/C44H39ClN6O8/c1-24-19-25(13-14-35(24)52)38-29-15-18-49-42(56)48(17-16-31-40(54)47(2)34-23-37(59-4)36(58-3)22-32(34)46-31)43(57)51(49)33(29)21-30-39(53)50(28-12-8-11-27(45)20-28)41(55)44(30,38)26-9-6-5-7-10-26/h5-15,19-20,22-23,30,33,38,52H,16-18,21H2,1-4H3. The first-order valence-corrected chi connectivity index (χ1v) is 19.5. The van der Waals surface area contributed by atoms with Gasteiger partial charge < -0.3 is 19.1 Å². The molecule has 1 N–H and O–H groups in total. The molecule has 1 aliphatic carbocycles. The Hall–Kier alpha value is -6.67. The average Bonchev–Trinajstić information content (AvgIpc) is 3.62. The van der Waals surface area contributed by atoms with Crippen LogP contribution in [0.1, 0.15) is 40.8 Å². The number of hydrogen-bond donors (Lipinski definition) is 1. The first-order valence-electron chi connectivity index (χ1n) is 19.1. The van der Waals surface area contributed by atoms with Crippen molar-refractivity contribution in [3.8, 4) is 17.2 Å². The molecule has 9 rings (SSSR count). The largest absolute Gasteiger partial charge is 0.508 e. The summed E-state index contributed by atoms with van der Waals surface area (Å²) in [5.74, 6) is -1.76. The van der Waals surface area contributed by atoms with Crippen LogP contribution in [0, 0.1) is 12.8 Å². The van der Waals surface area contributed by atoms with E-state index in [1.165, 1.54) is 33.1 Å². The zero-order valence-corrected chi connectivity index (χ0v) is 33.3. The van der Waals surface area contributed by atoms with Gasteiger partial charge in [-0.1, -0.05) is 66.2 Å². The molecule has 2 fully saturated rings. The lowest BCUT2D eigenvalue weighted by Gasteiger charge is -2.49. The number of aromatic hydroxyl groups is 1. The number of imide groups is 1. The molecule has 1 saturated carbocycles. The number of phenolic OH excluding ortho intramolecular Hbond substituents is 1. The van der Waals surface area contributed by atoms with Crippen molar-refractivity contribution in [1.29, 1.82) is 0 Å². The molecule has 15 heteroatoms. The third kappa shape index (κ3) is 5.53. The number of amides is 2. The number of benzene rings is 4. The number of anilines is 1. The fourth-order valence-corrected chi connectivity index (χ4v) is 9.75. The smallest absolute Gasteiger partial charge is 0.347 e. The maximum atomic E-state index is 15.4. The zero-order chi connectivity index (χ0) is 41.5. The summed E-state index contributed by atoms with van der Waals surface area (Å²) in [6.07, 6.45) is 1.88. The number of hydrogen-bond acceptors (Lipinski definition) is 9. The minimum Gasteiger partial charge on any atom is -0.508 e. The maximum Gasteiger partial charge on any atom is 0.347 e. The number of aryl methyl sites for hydroxylation is 3. The Balaban J connectivity index is 1.18. The van der Waals surface area contributed by atoms with Crippen molar-refractivity contribution < 1.29 is 24.2 Å². The zero-order valence-electron chi connectivity index (χ0n) is 32.6. The number of rotatable bonds is 8. The molecule has 0 spiro atoms. The van der Waals surface area contributed by atoms with Crippen molar-refractivity contribution in [2.45, 2.75) is 50.2 Å². The highest BCUT2D eigenvalue weighted by molar-refractivity contribution is 6.32. The fraction of sp³-hybridized carbons (Fsp3) is 0.273. The van der Waals surface area contributed by atoms with Gasteiger partial charge in [-0.05, 0) is 59.9 Å². The molecule has 1 saturated heterocycles. The summed E-state index contributed by atoms with van der Waals surface area (Å²) in [5.41, 5.74) is 0.924. The second kappa shape index (κ2) is 14.0. The Morgan fingerprint density at radius 2 is 1.64 bits per heavy atom. The molecule has 6 aromatic rings. The summed E-state index contributed by atoms with van der Waals surface area (Å²) in [6.45, 7) is 1.62. The van der Waals surface area contributed by atoms with E-state index in [9.17, 15) is 24.3 Å². The molecule has 4 atom stereocenters. The van der Waals surface area contributed by atoms with Crippen molar-refractivity contribution in [2.75, 3.05) is 19.1 Å². The van der Waals surface area contributed by atoms with Crippen LogP contribution in [0.15, 0.2) is 111 Å². The number of phenols is 1. The van der Waals surface area contributed by atoms with E-state index in [2.05, 4.69) is 4.98 Å². The first kappa shape index (κ1) is 37.9. The Kier molecular flexibility index (Phi) is 9.00. The summed E-state index contributed by atoms with van der Waals surface area (Å²) in [4.78, 5) is 78.5. The number of aromatic nitrogens is 5. The molecule has 59 heavy (non-hydrogen) atoms. The minimum absolute atomic E-state index is 0.00771. The van der Waals surface area contributed by atoms with Crippen molar-refractivity contribution in [2.24, 2.45) is 13.0 Å². The molecular formula is C44H39ClN6O8. The second-order valence-electron chi connectivity index (χ2n) is 15.2. The highest BCUT2D eigenvalue weighted by Gasteiger charge is 2.68. The Morgan fingerprint density at radius 1 is 0.898 bits per heavy atom. The van der Waals surface area contributed by atoms with Gasteiger partial charge >= 0.3 is 11.4 Å². The third-order valence-electron chi connectivity index (χ3n) is 12.3. The molecule has 2 aliphatic heterocycles. The van der Waals surface area contributed by atoms with Gasteiger partial charge in [0.2, 0.25) is 11.8 Å². The molecular weight excluding hydrogens is 776 g/mol. The molecule has 0 radical (unpaired) electrons. The number of carbonyl (C=O) groups is 2. The van der Waals surface area contributed by atoms with E-state index in [0.29, 0.717) is 55.5 Å². The van der Waals surface area contributed by atoms with E-state index in [4.69, 9.17) is 21.1 Å². The van der Waals surface area contributed by atoms with Gasteiger partial charge in [-0.3, -0.25) is 14.4 Å². The molecule has 4 aromatic carbocycles. The number of carbonyl (C=O) groups excluding carboxylic acids is 2. The van der Waals surface area contributed by atoms with Gasteiger partial charge in [0.05, 0.1) is 54.9 Å². The normalized spacial score (nSPS) is 20.9. The monoisotopic (exact) mass is 814 g/mol. The lowest BCUT2D eigenvalue weighted by molar-refractivity contribution is -0.124. The Morgan fingerprint density at radius 3 is 2.36 bits per heavy atom. The van der Waals surface area contributed by atoms with Gasteiger partial charge in [0.15, 0.2) is 11.5 Å². The Bertz CT molecular complexity index is 2970. The summed E-state index contributed by atoms with van der Waals surface area (Å²) in [6, 6.07) is 23.4. The molecule has 14 nitrogen and oxygen atoms in total. The van der Waals surface area contributed by atoms with Crippen LogP contribution >= 0.6 is 11.6 Å². The number of halogens is 1. The number of fused-ring (bicyclic) bond motifs is 5. The fourth-order valence-electron chi connectivity index (χ4n) is 9.57. The van der Waals surface area contributed by atoms with Crippen LogP contribution in [-0.4, -0.2) is 54.6 Å². The quantitative estimate of drug-likeness (QED) is 0.169. The van der Waals surface area contributed by atoms with E-state index in [1.54, 1.807) is 62.5 Å². The molecule has 3 aliphatic rings. The van der Waals surface area contributed by atoms with E-state index in [0.717, 1.165) is 4.57 Å². The van der Waals surface area contributed by atoms with Gasteiger partial charge in [-0.25, -0.2) is 33.4 Å². The third-order valence-corrected chi connectivity index (χ3v) is 12.5. The van der Waals surface area contributed by atoms with Crippen LogP contribution in [0.25, 0.3) is 11.0 Å². The highest BCUT2D eigenvalue weighted by atomic mass is 35.5. The second-order valence-corrected chi connectivity index (χ2v) is 15.6. The Labute approximate surface area is 341 Å². The van der Waals surface area contributed by atoms with Crippen molar-refractivity contribution in [3.63, 3.8) is 0 Å². The highest BCUT2D eigenvalue weighted by Crippen LogP contribution is 2.62. The number of nitrogens with zero attached hydrogens (tertiary/aromatic N) is 6. The minimum atomic E-state index is -1.48. The van der Waals surface area contributed by atoms with Gasteiger partial charge in [0.1, 0.15) is 11.4 Å². The number of allylic oxidation sites excluding steroid dienone is 2. The van der Waals surface area contributed by atoms with Gasteiger partial charge in [0.25, 0.3) is 5.56 Å². The summed E-state index contributed by atoms with van der Waals surface area (Å²) in [5, 5.41) is 11.0. The van der Waals surface area contributed by atoms with Gasteiger partial charge in [-0.2, -0.15) is 0 Å². The number of ether oxygens (including phenoxy) is 2. The van der Waals surface area contributed by atoms with E-state index in [-0.39, 0.29) is 37.4 Å². The molecule has 300 valence electrons. The van der Waals surface area contributed by atoms with E-state index in [1.807, 2.05) is 42.5 Å². The van der Waals surface area contributed by atoms with Crippen LogP contribution in [0.5, 0.6) is 17.2 Å². The molecule has 4 heterocycles. The van der Waals surface area contributed by atoms with Crippen molar-refractivity contribution in [3.05, 3.63) is 155 Å². The van der Waals surface area contributed by atoms with E-state index < -0.39 is 52.0 Å². The summed E-state index contributed by atoms with van der Waals surface area (Å²) < 4.78 is 16.1. The predicted octanol–water partition coefficient (Wildman–Crippen LogP) is 4.78. The lowest BCUT2D eigenvalue weighted by Crippen LogP contribution is -2.53. The van der Waals surface area contributed by atoms with Crippen LogP contribution in [0.2, 0.25) is 5.02 Å². The lowest BCUT2D eigenvalue weighted by atomic mass is 9.53. The van der Waals surface area contributed by atoms with Crippen LogP contribution < -0.4 is 31.3 Å². The van der Waals surface area contributed by atoms with E-state index >= 15 is 4.79 Å². The van der Waals surface area contributed by atoms with Crippen molar-refractivity contribution in [1.82, 2.24) is 23.5 Å². The molecule has 0 bridgehead atoms. The van der Waals surface area contributed by atoms with Gasteiger partial charge in [0, 0.05) is 43.1 Å². The molecule has 4 unspecified atom stereocenters. The van der Waals surface area contributed by atoms with Crippen LogP contribution in [-0.2, 0) is 41.6 Å². The van der Waals surface area contributed by atoms with Gasteiger partial charge in [-0.15, -0.1) is 0 Å². The predicted molar refractivity (Wildman–Crippen MR) is 220 cm³/mol. The summed E-state index contributed by atoms with van der Waals surface area (Å²) in [7, 11) is 4.61. The van der Waals surface area contributed by atoms with Crippen LogP contribution in [0.3, 0.4) is 0 Å². The molecule has 2 aromatic heterocycles. The number of methoxy groups -OCH3 is 2. The molecule has 2 amide bonds. The first-order chi connectivity index (χ1) is 28.4. The van der Waals surface area contributed by atoms with Crippen molar-refractivity contribution >= 4 is 40.1 Å². The average molecular weight is 815 g/mol. The topological polar surface area (TPSA) is 160 Å². The summed E-state index contributed by atoms with van der Waals surface area (Å²) >= 11 is 6.41. The van der Waals surface area contributed by atoms with Crippen LogP contribution in [0.4, 0.5) is 5.69 Å². The maximum absolute atomic E-state index is 15.4.